The van der Waals surface area contributed by atoms with E-state index in [1.54, 1.807) is 13.8 Å². The highest BCUT2D eigenvalue weighted by atomic mass is 32.2. The molecule has 1 N–H and O–H groups in total. The number of nitrogens with zero attached hydrogens (tertiary/aromatic N) is 4. The molecular formula is C28H26F7N5O3S. The molecule has 8 nitrogen and oxygen atoms in total. The van der Waals surface area contributed by atoms with Crippen LogP contribution in [-0.2, 0) is 33.7 Å². The van der Waals surface area contributed by atoms with Crippen LogP contribution in [0.3, 0.4) is 0 Å². The number of carbonyl (C=O) groups is 1. The normalized spacial score (nSPS) is 21.4. The zero-order valence-electron chi connectivity index (χ0n) is 23.2. The Morgan fingerprint density at radius 3 is 2.16 bits per heavy atom. The zero-order chi connectivity index (χ0) is 32.2. The molecule has 1 aliphatic heterocycles. The van der Waals surface area contributed by atoms with Crippen LogP contribution in [0.15, 0.2) is 47.6 Å². The lowest BCUT2D eigenvalue weighted by atomic mass is 9.99. The van der Waals surface area contributed by atoms with Crippen LogP contribution in [0.1, 0.15) is 61.7 Å². The van der Waals surface area contributed by atoms with Gasteiger partial charge in [-0.1, -0.05) is 6.92 Å². The fourth-order valence-corrected chi connectivity index (χ4v) is 7.20. The summed E-state index contributed by atoms with van der Waals surface area (Å²) in [7, 11) is -4.29. The van der Waals surface area contributed by atoms with Crippen molar-refractivity contribution in [1.29, 1.82) is 0 Å². The van der Waals surface area contributed by atoms with Gasteiger partial charge in [0.2, 0.25) is 21.8 Å². The molecule has 0 spiro atoms. The highest BCUT2D eigenvalue weighted by Crippen LogP contribution is 2.47. The molecule has 1 amide bonds. The van der Waals surface area contributed by atoms with Crippen molar-refractivity contribution in [1.82, 2.24) is 24.6 Å². The van der Waals surface area contributed by atoms with Crippen molar-refractivity contribution in [3.8, 4) is 11.3 Å². The molecule has 0 radical (unpaired) electrons. The molecule has 2 fully saturated rings. The number of aromatic nitrogens is 3. The first-order valence-electron chi connectivity index (χ1n) is 13.6. The lowest BCUT2D eigenvalue weighted by molar-refractivity contribution is -0.145. The van der Waals surface area contributed by atoms with Gasteiger partial charge < -0.3 is 5.32 Å². The van der Waals surface area contributed by atoms with Gasteiger partial charge in [0.1, 0.15) is 11.9 Å². The minimum atomic E-state index is -4.88. The SMILES string of the molecule is C[C@@H]1C[C@@H](C(=O)NCc2cc(-c3cnc(C(F)(F)F)nc3)nc(C3CC3)c2C(F)(F)F)N(S(=O)(=O)c2ccc(F)cc2)[C@H]1C. The maximum atomic E-state index is 14.4. The standard InChI is InChI=1S/C28H26F7N5O3S/c1-14-9-22(40(15(14)2)44(42,43)20-7-5-19(29)6-8-20)25(41)36-11-17-10-21(18-12-37-26(38-13-18)28(33,34)35)39-24(16-3-4-16)23(17)27(30,31)32/h5-8,10,12-16,22H,3-4,9,11H2,1-2H3,(H,36,41)/t14-,15+,22+/m1/s1. The second-order valence-electron chi connectivity index (χ2n) is 11.0. The van der Waals surface area contributed by atoms with E-state index in [9.17, 15) is 43.9 Å². The highest BCUT2D eigenvalue weighted by Gasteiger charge is 2.48. The lowest BCUT2D eigenvalue weighted by Gasteiger charge is -2.28. The number of pyridine rings is 1. The van der Waals surface area contributed by atoms with E-state index >= 15 is 0 Å². The summed E-state index contributed by atoms with van der Waals surface area (Å²) >= 11 is 0. The first kappa shape index (κ1) is 31.8. The molecule has 1 saturated carbocycles. The number of hydrogen-bond donors (Lipinski definition) is 1. The number of benzene rings is 1. The number of sulfonamides is 1. The predicted octanol–water partition coefficient (Wildman–Crippen LogP) is 5.70. The molecule has 3 heterocycles. The topological polar surface area (TPSA) is 105 Å². The number of hydrogen-bond acceptors (Lipinski definition) is 6. The van der Waals surface area contributed by atoms with E-state index in [2.05, 4.69) is 20.3 Å². The zero-order valence-corrected chi connectivity index (χ0v) is 24.1. The molecule has 16 heteroatoms. The summed E-state index contributed by atoms with van der Waals surface area (Å²) in [5.74, 6) is -3.76. The Hall–Kier alpha value is -3.66. The maximum absolute atomic E-state index is 14.4. The molecule has 5 rings (SSSR count). The van der Waals surface area contributed by atoms with Crippen LogP contribution in [0.4, 0.5) is 30.7 Å². The second-order valence-corrected chi connectivity index (χ2v) is 12.8. The largest absolute Gasteiger partial charge is 0.451 e. The molecule has 44 heavy (non-hydrogen) atoms. The van der Waals surface area contributed by atoms with Gasteiger partial charge >= 0.3 is 12.4 Å². The maximum Gasteiger partial charge on any atom is 0.451 e. The van der Waals surface area contributed by atoms with Gasteiger partial charge in [-0.2, -0.15) is 30.6 Å². The average Bonchev–Trinajstić information content (AvgIpc) is 3.75. The van der Waals surface area contributed by atoms with Crippen LogP contribution in [0.2, 0.25) is 0 Å². The van der Waals surface area contributed by atoms with Gasteiger partial charge in [0.05, 0.1) is 21.8 Å². The summed E-state index contributed by atoms with van der Waals surface area (Å²) in [6.07, 6.45) is -7.17. The van der Waals surface area contributed by atoms with Gasteiger partial charge in [-0.3, -0.25) is 9.78 Å². The third-order valence-electron chi connectivity index (χ3n) is 7.85. The first-order valence-corrected chi connectivity index (χ1v) is 15.0. The second kappa shape index (κ2) is 11.4. The molecule has 0 unspecified atom stereocenters. The lowest BCUT2D eigenvalue weighted by Crippen LogP contribution is -2.48. The van der Waals surface area contributed by atoms with Crippen LogP contribution in [0.25, 0.3) is 11.3 Å². The van der Waals surface area contributed by atoms with E-state index in [0.29, 0.717) is 12.8 Å². The summed E-state index contributed by atoms with van der Waals surface area (Å²) in [4.78, 5) is 23.8. The van der Waals surface area contributed by atoms with Gasteiger partial charge in [0.25, 0.3) is 0 Å². The Labute approximate surface area is 247 Å². The molecule has 2 aromatic heterocycles. The first-order chi connectivity index (χ1) is 20.5. The van der Waals surface area contributed by atoms with Crippen molar-refractivity contribution in [3.63, 3.8) is 0 Å². The van der Waals surface area contributed by atoms with Crippen molar-refractivity contribution < 1.29 is 43.9 Å². The summed E-state index contributed by atoms with van der Waals surface area (Å²) in [5, 5.41) is 2.44. The minimum Gasteiger partial charge on any atom is -0.351 e. The van der Waals surface area contributed by atoms with Gasteiger partial charge in [-0.25, -0.2) is 22.8 Å². The Kier molecular flexibility index (Phi) is 8.20. The van der Waals surface area contributed by atoms with Gasteiger partial charge in [-0.15, -0.1) is 0 Å². The van der Waals surface area contributed by atoms with Crippen molar-refractivity contribution in [2.24, 2.45) is 5.92 Å². The highest BCUT2D eigenvalue weighted by molar-refractivity contribution is 7.89. The third kappa shape index (κ3) is 6.27. The van der Waals surface area contributed by atoms with Crippen LogP contribution in [-0.4, -0.2) is 45.7 Å². The Balaban J connectivity index is 1.48. The van der Waals surface area contributed by atoms with Crippen LogP contribution in [0, 0.1) is 11.7 Å². The number of carbonyl (C=O) groups excluding carboxylic acids is 1. The molecular weight excluding hydrogens is 619 g/mol. The van der Waals surface area contributed by atoms with Gasteiger partial charge in [0.15, 0.2) is 0 Å². The third-order valence-corrected chi connectivity index (χ3v) is 9.86. The fourth-order valence-electron chi connectivity index (χ4n) is 5.32. The minimum absolute atomic E-state index is 0.0591. The molecule has 3 aromatic rings. The molecule has 3 atom stereocenters. The van der Waals surface area contributed by atoms with E-state index in [-0.39, 0.29) is 34.2 Å². The van der Waals surface area contributed by atoms with Crippen molar-refractivity contribution in [2.75, 3.05) is 0 Å². The molecule has 236 valence electrons. The number of nitrogens with one attached hydrogen (secondary N) is 1. The monoisotopic (exact) mass is 645 g/mol. The molecule has 1 aromatic carbocycles. The summed E-state index contributed by atoms with van der Waals surface area (Å²) in [6, 6.07) is 3.14. The van der Waals surface area contributed by atoms with Gasteiger partial charge in [0, 0.05) is 36.5 Å². The summed E-state index contributed by atoms with van der Waals surface area (Å²) in [6.45, 7) is 2.66. The quantitative estimate of drug-likeness (QED) is 0.331. The molecule has 2 aliphatic rings. The van der Waals surface area contributed by atoms with E-state index in [1.807, 2.05) is 0 Å². The van der Waals surface area contributed by atoms with Crippen molar-refractivity contribution in [3.05, 3.63) is 71.2 Å². The van der Waals surface area contributed by atoms with Crippen molar-refractivity contribution in [2.45, 2.75) is 74.9 Å². The van der Waals surface area contributed by atoms with Gasteiger partial charge in [-0.05, 0) is 68.0 Å². The number of amides is 1. The average molecular weight is 646 g/mol. The number of halogens is 7. The Morgan fingerprint density at radius 1 is 1.00 bits per heavy atom. The number of rotatable bonds is 7. The number of alkyl halides is 6. The van der Waals surface area contributed by atoms with E-state index in [1.165, 1.54) is 0 Å². The fraction of sp³-hybridized carbons (Fsp3) is 0.429. The molecule has 1 aliphatic carbocycles. The van der Waals surface area contributed by atoms with Crippen LogP contribution in [0.5, 0.6) is 0 Å². The van der Waals surface area contributed by atoms with Crippen LogP contribution >= 0.6 is 0 Å². The van der Waals surface area contributed by atoms with E-state index < -0.39 is 75.6 Å². The molecule has 1 saturated heterocycles. The Morgan fingerprint density at radius 2 is 1.61 bits per heavy atom. The smallest absolute Gasteiger partial charge is 0.351 e. The van der Waals surface area contributed by atoms with E-state index in [0.717, 1.165) is 47.0 Å². The van der Waals surface area contributed by atoms with Crippen LogP contribution < -0.4 is 5.32 Å². The van der Waals surface area contributed by atoms with Crippen molar-refractivity contribution >= 4 is 15.9 Å². The summed E-state index contributed by atoms with van der Waals surface area (Å²) < 4.78 is 123. The summed E-state index contributed by atoms with van der Waals surface area (Å²) in [5.41, 5.74) is -1.94. The molecule has 0 bridgehead atoms. The predicted molar refractivity (Wildman–Crippen MR) is 142 cm³/mol. The van der Waals surface area contributed by atoms with E-state index in [4.69, 9.17) is 0 Å². The Bertz CT molecular complexity index is 1660.